The van der Waals surface area contributed by atoms with E-state index in [0.717, 1.165) is 24.5 Å². The maximum atomic E-state index is 6.16. The van der Waals surface area contributed by atoms with E-state index in [0.29, 0.717) is 6.04 Å². The molecule has 0 aliphatic heterocycles. The summed E-state index contributed by atoms with van der Waals surface area (Å²) in [7, 11) is 2.17. The van der Waals surface area contributed by atoms with Gasteiger partial charge in [-0.25, -0.2) is 0 Å². The van der Waals surface area contributed by atoms with Gasteiger partial charge in [0.25, 0.3) is 0 Å². The number of benzene rings is 1. The maximum Gasteiger partial charge on any atom is 0.0412 e. The van der Waals surface area contributed by atoms with E-state index in [-0.39, 0.29) is 5.41 Å². The number of halogens is 1. The Balaban J connectivity index is 2.98. The second kappa shape index (κ2) is 7.33. The summed E-state index contributed by atoms with van der Waals surface area (Å²) >= 11 is 6.16. The molecule has 0 aliphatic carbocycles. The van der Waals surface area contributed by atoms with E-state index in [1.54, 1.807) is 0 Å². The fourth-order valence-corrected chi connectivity index (χ4v) is 2.42. The van der Waals surface area contributed by atoms with Gasteiger partial charge in [-0.05, 0) is 49.1 Å². The molecule has 2 nitrogen and oxygen atoms in total. The highest BCUT2D eigenvalue weighted by atomic mass is 35.5. The number of hydrogen-bond donors (Lipinski definition) is 1. The van der Waals surface area contributed by atoms with Gasteiger partial charge in [0.2, 0.25) is 0 Å². The second-order valence-corrected chi connectivity index (χ2v) is 7.04. The fourth-order valence-electron chi connectivity index (χ4n) is 2.23. The summed E-state index contributed by atoms with van der Waals surface area (Å²) in [6.45, 7) is 13.2. The van der Waals surface area contributed by atoms with Crippen molar-refractivity contribution in [3.05, 3.63) is 28.8 Å². The van der Waals surface area contributed by atoms with Crippen molar-refractivity contribution in [2.24, 2.45) is 5.41 Å². The summed E-state index contributed by atoms with van der Waals surface area (Å²) in [5.74, 6) is 0. The van der Waals surface area contributed by atoms with Gasteiger partial charge in [0, 0.05) is 30.3 Å². The van der Waals surface area contributed by atoms with Crippen LogP contribution in [0, 0.1) is 5.41 Å². The zero-order chi connectivity index (χ0) is 15.3. The number of nitrogens with one attached hydrogen (secondary N) is 1. The van der Waals surface area contributed by atoms with Crippen molar-refractivity contribution < 1.29 is 0 Å². The van der Waals surface area contributed by atoms with E-state index in [1.165, 1.54) is 11.3 Å². The van der Waals surface area contributed by atoms with E-state index >= 15 is 0 Å². The summed E-state index contributed by atoms with van der Waals surface area (Å²) < 4.78 is 0. The smallest absolute Gasteiger partial charge is 0.0412 e. The fraction of sp³-hybridized carbons (Fsp3) is 0.647. The molecule has 3 heteroatoms. The molecule has 0 radical (unpaired) electrons. The largest absolute Gasteiger partial charge is 0.371 e. The molecule has 0 fully saturated rings. The lowest BCUT2D eigenvalue weighted by Crippen LogP contribution is -2.40. The SMILES string of the molecule is CCCNCc1cc(Cl)ccc1N(C)C(C)C(C)(C)C. The minimum Gasteiger partial charge on any atom is -0.371 e. The van der Waals surface area contributed by atoms with Gasteiger partial charge in [0.1, 0.15) is 0 Å². The molecule has 1 N–H and O–H groups in total. The number of nitrogens with zero attached hydrogens (tertiary/aromatic N) is 1. The Morgan fingerprint density at radius 2 is 1.95 bits per heavy atom. The van der Waals surface area contributed by atoms with E-state index in [4.69, 9.17) is 11.6 Å². The molecule has 0 saturated carbocycles. The molecule has 1 aromatic rings. The zero-order valence-corrected chi connectivity index (χ0v) is 14.5. The normalized spacial score (nSPS) is 13.3. The molecular formula is C17H29ClN2. The zero-order valence-electron chi connectivity index (χ0n) is 13.8. The predicted molar refractivity (Wildman–Crippen MR) is 90.8 cm³/mol. The van der Waals surface area contributed by atoms with Crippen LogP contribution in [0.3, 0.4) is 0 Å². The average Bonchev–Trinajstić information content (AvgIpc) is 2.36. The molecule has 1 aromatic carbocycles. The molecule has 20 heavy (non-hydrogen) atoms. The molecule has 1 atom stereocenters. The number of rotatable bonds is 6. The van der Waals surface area contributed by atoms with Crippen molar-refractivity contribution in [2.75, 3.05) is 18.5 Å². The van der Waals surface area contributed by atoms with Crippen molar-refractivity contribution in [1.82, 2.24) is 5.32 Å². The van der Waals surface area contributed by atoms with Gasteiger partial charge < -0.3 is 10.2 Å². The first-order valence-electron chi connectivity index (χ1n) is 7.49. The number of anilines is 1. The van der Waals surface area contributed by atoms with Gasteiger partial charge in [-0.3, -0.25) is 0 Å². The Labute approximate surface area is 129 Å². The van der Waals surface area contributed by atoms with E-state index in [2.05, 4.69) is 64.0 Å². The standard InChI is InChI=1S/C17H29ClN2/c1-7-10-19-12-14-11-15(18)8-9-16(14)20(6)13(2)17(3,4)5/h8-9,11,13,19H,7,10,12H2,1-6H3. The minimum atomic E-state index is 0.239. The van der Waals surface area contributed by atoms with Crippen LogP contribution in [-0.2, 0) is 6.54 Å². The average molecular weight is 297 g/mol. The first-order chi connectivity index (χ1) is 9.27. The molecular weight excluding hydrogens is 268 g/mol. The third kappa shape index (κ3) is 4.68. The van der Waals surface area contributed by atoms with Crippen LogP contribution < -0.4 is 10.2 Å². The Kier molecular flexibility index (Phi) is 6.35. The molecule has 0 aliphatic rings. The van der Waals surface area contributed by atoms with Gasteiger partial charge in [-0.1, -0.05) is 39.3 Å². The molecule has 1 rings (SSSR count). The monoisotopic (exact) mass is 296 g/mol. The first-order valence-corrected chi connectivity index (χ1v) is 7.87. The summed E-state index contributed by atoms with van der Waals surface area (Å²) in [6.07, 6.45) is 1.14. The molecule has 0 heterocycles. The van der Waals surface area contributed by atoms with Crippen LogP contribution in [0.5, 0.6) is 0 Å². The first kappa shape index (κ1) is 17.3. The highest BCUT2D eigenvalue weighted by molar-refractivity contribution is 6.30. The quantitative estimate of drug-likeness (QED) is 0.765. The van der Waals surface area contributed by atoms with Gasteiger partial charge >= 0.3 is 0 Å². The number of hydrogen-bond acceptors (Lipinski definition) is 2. The highest BCUT2D eigenvalue weighted by Gasteiger charge is 2.25. The van der Waals surface area contributed by atoms with Crippen LogP contribution in [0.25, 0.3) is 0 Å². The van der Waals surface area contributed by atoms with Crippen molar-refractivity contribution in [3.63, 3.8) is 0 Å². The third-order valence-electron chi connectivity index (χ3n) is 4.00. The van der Waals surface area contributed by atoms with E-state index < -0.39 is 0 Å². The van der Waals surface area contributed by atoms with Gasteiger partial charge in [-0.2, -0.15) is 0 Å². The molecule has 1 unspecified atom stereocenters. The lowest BCUT2D eigenvalue weighted by atomic mass is 9.86. The third-order valence-corrected chi connectivity index (χ3v) is 4.23. The Morgan fingerprint density at radius 1 is 1.30 bits per heavy atom. The van der Waals surface area contributed by atoms with Gasteiger partial charge in [-0.15, -0.1) is 0 Å². The molecule has 0 saturated heterocycles. The van der Waals surface area contributed by atoms with Gasteiger partial charge in [0.05, 0.1) is 0 Å². The maximum absolute atomic E-state index is 6.16. The molecule has 0 aromatic heterocycles. The Hall–Kier alpha value is -0.730. The van der Waals surface area contributed by atoms with Crippen LogP contribution in [0.2, 0.25) is 5.02 Å². The Bertz CT molecular complexity index is 423. The van der Waals surface area contributed by atoms with Crippen molar-refractivity contribution in [2.45, 2.75) is 53.6 Å². The summed E-state index contributed by atoms with van der Waals surface area (Å²) in [5, 5.41) is 4.27. The van der Waals surface area contributed by atoms with E-state index in [9.17, 15) is 0 Å². The lowest BCUT2D eigenvalue weighted by Gasteiger charge is -2.38. The lowest BCUT2D eigenvalue weighted by molar-refractivity contribution is 0.329. The molecule has 0 bridgehead atoms. The van der Waals surface area contributed by atoms with Crippen LogP contribution in [-0.4, -0.2) is 19.6 Å². The molecule has 0 spiro atoms. The molecule has 114 valence electrons. The summed E-state index contributed by atoms with van der Waals surface area (Å²) in [4.78, 5) is 2.36. The van der Waals surface area contributed by atoms with Crippen LogP contribution in [0.1, 0.15) is 46.6 Å². The van der Waals surface area contributed by atoms with Gasteiger partial charge in [0.15, 0.2) is 0 Å². The van der Waals surface area contributed by atoms with Crippen LogP contribution in [0.4, 0.5) is 5.69 Å². The van der Waals surface area contributed by atoms with Crippen molar-refractivity contribution in [3.8, 4) is 0 Å². The minimum absolute atomic E-state index is 0.239. The molecule has 0 amide bonds. The second-order valence-electron chi connectivity index (χ2n) is 6.60. The highest BCUT2D eigenvalue weighted by Crippen LogP contribution is 2.30. The topological polar surface area (TPSA) is 15.3 Å². The van der Waals surface area contributed by atoms with Crippen molar-refractivity contribution in [1.29, 1.82) is 0 Å². The Morgan fingerprint density at radius 3 is 2.50 bits per heavy atom. The van der Waals surface area contributed by atoms with E-state index in [1.807, 2.05) is 6.07 Å². The predicted octanol–water partition coefficient (Wildman–Crippen LogP) is 4.71. The van der Waals surface area contributed by atoms with Crippen molar-refractivity contribution >= 4 is 17.3 Å². The van der Waals surface area contributed by atoms with Crippen LogP contribution >= 0.6 is 11.6 Å². The summed E-state index contributed by atoms with van der Waals surface area (Å²) in [5.41, 5.74) is 2.77. The summed E-state index contributed by atoms with van der Waals surface area (Å²) in [6, 6.07) is 6.64. The van der Waals surface area contributed by atoms with Crippen LogP contribution in [0.15, 0.2) is 18.2 Å².